The van der Waals surface area contributed by atoms with E-state index in [-0.39, 0.29) is 5.56 Å². The molecule has 1 atom stereocenters. The fourth-order valence-corrected chi connectivity index (χ4v) is 1.98. The van der Waals surface area contributed by atoms with Gasteiger partial charge in [-0.1, -0.05) is 11.6 Å². The highest BCUT2D eigenvalue weighted by Gasteiger charge is 2.34. The van der Waals surface area contributed by atoms with E-state index < -0.39 is 28.9 Å². The van der Waals surface area contributed by atoms with Crippen molar-refractivity contribution >= 4 is 17.4 Å². The quantitative estimate of drug-likeness (QED) is 0.617. The zero-order valence-corrected chi connectivity index (χ0v) is 9.88. The van der Waals surface area contributed by atoms with Crippen LogP contribution in [-0.4, -0.2) is 23.5 Å². The average molecular weight is 280 g/mol. The Hall–Kier alpha value is -1.14. The Bertz CT molecular complexity index is 470. The molecule has 2 heterocycles. The molecule has 1 aliphatic rings. The summed E-state index contributed by atoms with van der Waals surface area (Å²) in [6.45, 7) is 0.474. The molecule has 7 heteroatoms. The summed E-state index contributed by atoms with van der Waals surface area (Å²) >= 11 is 5.62. The van der Waals surface area contributed by atoms with Crippen molar-refractivity contribution in [1.82, 2.24) is 4.98 Å². The molecule has 0 aromatic carbocycles. The lowest BCUT2D eigenvalue weighted by atomic mass is 10.1. The van der Waals surface area contributed by atoms with Crippen LogP contribution in [0.3, 0.4) is 0 Å². The van der Waals surface area contributed by atoms with Crippen LogP contribution in [0.1, 0.15) is 28.9 Å². The maximum Gasteiger partial charge on any atom is 0.433 e. The summed E-state index contributed by atoms with van der Waals surface area (Å²) in [5, 5.41) is -0.440. The van der Waals surface area contributed by atoms with Gasteiger partial charge in [-0.2, -0.15) is 13.2 Å². The third-order valence-corrected chi connectivity index (χ3v) is 2.91. The number of Topliss-reactive ketones (excluding diaryl/α,β-unsaturated/α-hetero) is 1. The monoisotopic (exact) mass is 279 g/mol. The van der Waals surface area contributed by atoms with E-state index >= 15 is 0 Å². The molecule has 1 unspecified atom stereocenters. The van der Waals surface area contributed by atoms with Crippen molar-refractivity contribution in [2.45, 2.75) is 25.1 Å². The molecule has 0 radical (unpaired) electrons. The van der Waals surface area contributed by atoms with Gasteiger partial charge in [-0.25, -0.2) is 4.98 Å². The van der Waals surface area contributed by atoms with E-state index in [0.717, 1.165) is 18.6 Å². The lowest BCUT2D eigenvalue weighted by Gasteiger charge is -2.11. The van der Waals surface area contributed by atoms with Crippen LogP contribution in [0.2, 0.25) is 5.15 Å². The molecule has 0 saturated carbocycles. The number of hydrogen-bond donors (Lipinski definition) is 0. The van der Waals surface area contributed by atoms with Crippen molar-refractivity contribution in [2.75, 3.05) is 6.61 Å². The largest absolute Gasteiger partial charge is 0.433 e. The molecule has 2 rings (SSSR count). The number of rotatable bonds is 2. The Morgan fingerprint density at radius 3 is 2.67 bits per heavy atom. The van der Waals surface area contributed by atoms with Crippen LogP contribution >= 0.6 is 11.6 Å². The van der Waals surface area contributed by atoms with E-state index in [1.165, 1.54) is 0 Å². The molecule has 0 amide bonds. The number of pyridine rings is 1. The van der Waals surface area contributed by atoms with Crippen LogP contribution < -0.4 is 0 Å². The van der Waals surface area contributed by atoms with Gasteiger partial charge >= 0.3 is 6.18 Å². The summed E-state index contributed by atoms with van der Waals surface area (Å²) in [6.07, 6.45) is -3.89. The molecule has 98 valence electrons. The summed E-state index contributed by atoms with van der Waals surface area (Å²) in [7, 11) is 0. The second-order valence-corrected chi connectivity index (χ2v) is 4.26. The lowest BCUT2D eigenvalue weighted by Crippen LogP contribution is -2.20. The highest BCUT2D eigenvalue weighted by Crippen LogP contribution is 2.30. The summed E-state index contributed by atoms with van der Waals surface area (Å²) in [4.78, 5) is 15.1. The van der Waals surface area contributed by atoms with Crippen molar-refractivity contribution in [1.29, 1.82) is 0 Å². The fourth-order valence-electron chi connectivity index (χ4n) is 1.73. The highest BCUT2D eigenvalue weighted by molar-refractivity contribution is 6.33. The molecule has 0 spiro atoms. The van der Waals surface area contributed by atoms with Crippen LogP contribution in [0.5, 0.6) is 0 Å². The van der Waals surface area contributed by atoms with Gasteiger partial charge in [0.25, 0.3) is 0 Å². The first-order valence-electron chi connectivity index (χ1n) is 5.29. The standard InChI is InChI=1S/C11H9ClF3NO2/c12-10-6(9(17)7-2-1-5-18-7)3-4-8(16-10)11(13,14)15/h3-4,7H,1-2,5H2. The van der Waals surface area contributed by atoms with Gasteiger partial charge < -0.3 is 4.74 Å². The number of alkyl halides is 3. The Labute approximate surface area is 106 Å². The van der Waals surface area contributed by atoms with Crippen molar-refractivity contribution < 1.29 is 22.7 Å². The smallest absolute Gasteiger partial charge is 0.370 e. The number of carbonyl (C=O) groups is 1. The number of aromatic nitrogens is 1. The predicted octanol–water partition coefficient (Wildman–Crippen LogP) is 3.12. The number of ketones is 1. The molecular weight excluding hydrogens is 271 g/mol. The maximum atomic E-state index is 12.4. The zero-order valence-electron chi connectivity index (χ0n) is 9.13. The van der Waals surface area contributed by atoms with Crippen LogP contribution in [0.4, 0.5) is 13.2 Å². The van der Waals surface area contributed by atoms with Gasteiger partial charge in [0.2, 0.25) is 0 Å². The van der Waals surface area contributed by atoms with Crippen molar-refractivity contribution in [3.05, 3.63) is 28.5 Å². The molecule has 1 saturated heterocycles. The summed E-state index contributed by atoms with van der Waals surface area (Å²) < 4.78 is 42.3. The van der Waals surface area contributed by atoms with Gasteiger partial charge in [0.1, 0.15) is 17.0 Å². The van der Waals surface area contributed by atoms with Gasteiger partial charge in [-0.15, -0.1) is 0 Å². The lowest BCUT2D eigenvalue weighted by molar-refractivity contribution is -0.141. The average Bonchev–Trinajstić information content (AvgIpc) is 2.80. The zero-order chi connectivity index (χ0) is 13.3. The van der Waals surface area contributed by atoms with Crippen molar-refractivity contribution in [3.63, 3.8) is 0 Å². The molecule has 18 heavy (non-hydrogen) atoms. The van der Waals surface area contributed by atoms with Crippen LogP contribution in [0, 0.1) is 0 Å². The molecular formula is C11H9ClF3NO2. The van der Waals surface area contributed by atoms with Gasteiger partial charge in [0.05, 0.1) is 5.56 Å². The van der Waals surface area contributed by atoms with Gasteiger partial charge in [0.15, 0.2) is 5.78 Å². The molecule has 0 bridgehead atoms. The minimum absolute atomic E-state index is 0.0310. The van der Waals surface area contributed by atoms with E-state index in [2.05, 4.69) is 4.98 Å². The van der Waals surface area contributed by atoms with Crippen LogP contribution in [0.15, 0.2) is 12.1 Å². The third-order valence-electron chi connectivity index (χ3n) is 2.63. The molecule has 1 aliphatic heterocycles. The van der Waals surface area contributed by atoms with E-state index in [1.54, 1.807) is 0 Å². The first-order chi connectivity index (χ1) is 8.39. The second-order valence-electron chi connectivity index (χ2n) is 3.90. The molecule has 0 aliphatic carbocycles. The number of carbonyl (C=O) groups excluding carboxylic acids is 1. The first-order valence-corrected chi connectivity index (χ1v) is 5.67. The van der Waals surface area contributed by atoms with E-state index in [0.29, 0.717) is 13.0 Å². The molecule has 3 nitrogen and oxygen atoms in total. The number of ether oxygens (including phenoxy) is 1. The van der Waals surface area contributed by atoms with Crippen LogP contribution in [0.25, 0.3) is 0 Å². The van der Waals surface area contributed by atoms with Crippen molar-refractivity contribution in [2.24, 2.45) is 0 Å². The normalized spacial score (nSPS) is 20.1. The van der Waals surface area contributed by atoms with Crippen molar-refractivity contribution in [3.8, 4) is 0 Å². The molecule has 1 fully saturated rings. The van der Waals surface area contributed by atoms with E-state index in [1.807, 2.05) is 0 Å². The topological polar surface area (TPSA) is 39.2 Å². The minimum atomic E-state index is -4.57. The summed E-state index contributed by atoms with van der Waals surface area (Å²) in [6, 6.07) is 1.79. The predicted molar refractivity (Wildman–Crippen MR) is 57.6 cm³/mol. The minimum Gasteiger partial charge on any atom is -0.370 e. The second kappa shape index (κ2) is 4.85. The third kappa shape index (κ3) is 2.64. The Morgan fingerprint density at radius 1 is 1.44 bits per heavy atom. The number of nitrogens with zero attached hydrogens (tertiary/aromatic N) is 1. The van der Waals surface area contributed by atoms with Gasteiger partial charge in [0, 0.05) is 6.61 Å². The SMILES string of the molecule is O=C(c1ccc(C(F)(F)F)nc1Cl)C1CCCO1. The Kier molecular flexibility index (Phi) is 3.59. The van der Waals surface area contributed by atoms with Gasteiger partial charge in [-0.05, 0) is 25.0 Å². The summed E-state index contributed by atoms with van der Waals surface area (Å²) in [5.74, 6) is -0.418. The molecule has 0 N–H and O–H groups in total. The Morgan fingerprint density at radius 2 is 2.17 bits per heavy atom. The number of halogens is 4. The van der Waals surface area contributed by atoms with E-state index in [4.69, 9.17) is 16.3 Å². The van der Waals surface area contributed by atoms with Gasteiger partial charge in [-0.3, -0.25) is 4.79 Å². The molecule has 1 aromatic heterocycles. The Balaban J connectivity index is 2.27. The highest BCUT2D eigenvalue weighted by atomic mass is 35.5. The number of hydrogen-bond acceptors (Lipinski definition) is 3. The maximum absolute atomic E-state index is 12.4. The fraction of sp³-hybridized carbons (Fsp3) is 0.455. The van der Waals surface area contributed by atoms with E-state index in [9.17, 15) is 18.0 Å². The summed E-state index contributed by atoms with van der Waals surface area (Å²) in [5.41, 5.74) is -1.15. The molecule has 1 aromatic rings. The van der Waals surface area contributed by atoms with Crippen LogP contribution in [-0.2, 0) is 10.9 Å². The first kappa shape index (κ1) is 13.3.